The number of ether oxygens (including phenoxy) is 1. The molecule has 0 aromatic carbocycles. The first-order valence-corrected chi connectivity index (χ1v) is 6.85. The van der Waals surface area contributed by atoms with Gasteiger partial charge < -0.3 is 20.7 Å². The summed E-state index contributed by atoms with van der Waals surface area (Å²) >= 11 is 0. The molecule has 1 aromatic rings. The largest absolute Gasteiger partial charge is 0.384 e. The second-order valence-electron chi connectivity index (χ2n) is 4.72. The minimum Gasteiger partial charge on any atom is -0.384 e. The number of amides is 1. The zero-order chi connectivity index (χ0) is 14.5. The Morgan fingerprint density at radius 3 is 3.10 bits per heavy atom. The van der Waals surface area contributed by atoms with Gasteiger partial charge in [0.25, 0.3) is 0 Å². The molecular formula is C13H21N5O2. The van der Waals surface area contributed by atoms with Crippen molar-refractivity contribution in [3.8, 4) is 0 Å². The van der Waals surface area contributed by atoms with E-state index in [4.69, 9.17) is 10.5 Å². The number of nitrogens with one attached hydrogen (secondary N) is 1. The maximum absolute atomic E-state index is 11.9. The number of aryl methyl sites for hydroxylation is 1. The number of morpholine rings is 1. The van der Waals surface area contributed by atoms with E-state index in [0.29, 0.717) is 37.2 Å². The third kappa shape index (κ3) is 3.16. The third-order valence-corrected chi connectivity index (χ3v) is 3.22. The van der Waals surface area contributed by atoms with Gasteiger partial charge in [-0.15, -0.1) is 0 Å². The van der Waals surface area contributed by atoms with Gasteiger partial charge in [0.2, 0.25) is 5.91 Å². The van der Waals surface area contributed by atoms with E-state index in [2.05, 4.69) is 22.2 Å². The van der Waals surface area contributed by atoms with Crippen molar-refractivity contribution in [3.05, 3.63) is 11.9 Å². The van der Waals surface area contributed by atoms with Gasteiger partial charge in [-0.25, -0.2) is 9.97 Å². The van der Waals surface area contributed by atoms with Crippen LogP contribution in [-0.2, 0) is 16.0 Å². The van der Waals surface area contributed by atoms with Gasteiger partial charge in [-0.1, -0.05) is 6.92 Å². The van der Waals surface area contributed by atoms with Crippen LogP contribution >= 0.6 is 0 Å². The fourth-order valence-electron chi connectivity index (χ4n) is 2.25. The number of likely N-dealkylation sites (N-methyl/N-ethyl adjacent to an activating group) is 1. The van der Waals surface area contributed by atoms with Crippen molar-refractivity contribution in [2.24, 2.45) is 0 Å². The first-order chi connectivity index (χ1) is 9.65. The van der Waals surface area contributed by atoms with Gasteiger partial charge in [0.15, 0.2) is 0 Å². The van der Waals surface area contributed by atoms with Gasteiger partial charge in [0.05, 0.1) is 13.2 Å². The number of hydrogen-bond donors (Lipinski definition) is 2. The number of nitrogens with zero attached hydrogens (tertiary/aromatic N) is 3. The molecule has 7 nitrogen and oxygen atoms in total. The number of nitrogen functional groups attached to an aromatic ring is 1. The first-order valence-electron chi connectivity index (χ1n) is 6.85. The molecular weight excluding hydrogens is 258 g/mol. The molecule has 0 aliphatic carbocycles. The maximum Gasteiger partial charge on any atom is 0.244 e. The smallest absolute Gasteiger partial charge is 0.244 e. The Labute approximate surface area is 118 Å². The molecule has 3 N–H and O–H groups in total. The standard InChI is InChI=1S/C13H21N5O2/c1-3-4-11-16-10(14)7-12(17-11)18-5-6-20-8-9(18)13(19)15-2/h7,9H,3-6,8H2,1-2H3,(H,15,19)(H2,14,16,17). The second kappa shape index (κ2) is 6.51. The predicted molar refractivity (Wildman–Crippen MR) is 76.5 cm³/mol. The molecule has 7 heteroatoms. The van der Waals surface area contributed by atoms with Gasteiger partial charge in [0, 0.05) is 26.1 Å². The number of aromatic nitrogens is 2. The Balaban J connectivity index is 2.29. The first kappa shape index (κ1) is 14.5. The quantitative estimate of drug-likeness (QED) is 0.803. The molecule has 2 rings (SSSR count). The lowest BCUT2D eigenvalue weighted by Crippen LogP contribution is -2.53. The molecule has 0 spiro atoms. The normalized spacial score (nSPS) is 18.9. The number of hydrogen-bond acceptors (Lipinski definition) is 6. The molecule has 1 atom stereocenters. The second-order valence-corrected chi connectivity index (χ2v) is 4.72. The summed E-state index contributed by atoms with van der Waals surface area (Å²) in [4.78, 5) is 22.6. The highest BCUT2D eigenvalue weighted by Crippen LogP contribution is 2.20. The molecule has 20 heavy (non-hydrogen) atoms. The monoisotopic (exact) mass is 279 g/mol. The lowest BCUT2D eigenvalue weighted by atomic mass is 10.2. The summed E-state index contributed by atoms with van der Waals surface area (Å²) in [5.41, 5.74) is 5.84. The summed E-state index contributed by atoms with van der Waals surface area (Å²) in [6.45, 7) is 3.60. The third-order valence-electron chi connectivity index (χ3n) is 3.22. The lowest BCUT2D eigenvalue weighted by Gasteiger charge is -2.35. The van der Waals surface area contributed by atoms with Gasteiger partial charge in [-0.2, -0.15) is 0 Å². The summed E-state index contributed by atoms with van der Waals surface area (Å²) < 4.78 is 5.39. The Morgan fingerprint density at radius 2 is 2.40 bits per heavy atom. The summed E-state index contributed by atoms with van der Waals surface area (Å²) in [5.74, 6) is 1.75. The Hall–Kier alpha value is -1.89. The van der Waals surface area contributed by atoms with Crippen LogP contribution in [0.4, 0.5) is 11.6 Å². The molecule has 1 aliphatic heterocycles. The maximum atomic E-state index is 11.9. The highest BCUT2D eigenvalue weighted by molar-refractivity contribution is 5.85. The number of anilines is 2. The van der Waals surface area contributed by atoms with E-state index in [1.54, 1.807) is 13.1 Å². The topological polar surface area (TPSA) is 93.4 Å². The van der Waals surface area contributed by atoms with Crippen molar-refractivity contribution in [1.82, 2.24) is 15.3 Å². The van der Waals surface area contributed by atoms with E-state index < -0.39 is 0 Å². The van der Waals surface area contributed by atoms with E-state index in [1.165, 1.54) is 0 Å². The average Bonchev–Trinajstić information content (AvgIpc) is 2.46. The van der Waals surface area contributed by atoms with Crippen LogP contribution in [0.2, 0.25) is 0 Å². The van der Waals surface area contributed by atoms with Crippen LogP contribution in [0.15, 0.2) is 6.07 Å². The molecule has 2 heterocycles. The van der Waals surface area contributed by atoms with E-state index >= 15 is 0 Å². The zero-order valence-corrected chi connectivity index (χ0v) is 11.9. The number of carbonyl (C=O) groups excluding carboxylic acids is 1. The molecule has 1 unspecified atom stereocenters. The number of nitrogens with two attached hydrogens (primary N) is 1. The van der Waals surface area contributed by atoms with Crippen LogP contribution in [0.3, 0.4) is 0 Å². The van der Waals surface area contributed by atoms with E-state index in [1.807, 2.05) is 4.90 Å². The van der Waals surface area contributed by atoms with E-state index in [0.717, 1.165) is 12.8 Å². The van der Waals surface area contributed by atoms with Crippen LogP contribution in [0.25, 0.3) is 0 Å². The summed E-state index contributed by atoms with van der Waals surface area (Å²) in [6.07, 6.45) is 1.72. The minimum atomic E-state index is -0.377. The molecule has 1 aromatic heterocycles. The Morgan fingerprint density at radius 1 is 1.60 bits per heavy atom. The number of carbonyl (C=O) groups is 1. The van der Waals surface area contributed by atoms with Gasteiger partial charge in [-0.3, -0.25) is 4.79 Å². The summed E-state index contributed by atoms with van der Waals surface area (Å²) in [6, 6.07) is 1.33. The fraction of sp³-hybridized carbons (Fsp3) is 0.615. The van der Waals surface area contributed by atoms with Crippen LogP contribution < -0.4 is 16.0 Å². The molecule has 1 fully saturated rings. The van der Waals surface area contributed by atoms with Crippen molar-refractivity contribution in [2.75, 3.05) is 37.4 Å². The van der Waals surface area contributed by atoms with Crippen LogP contribution in [0, 0.1) is 0 Å². The van der Waals surface area contributed by atoms with E-state index in [9.17, 15) is 4.79 Å². The molecule has 0 saturated carbocycles. The highest BCUT2D eigenvalue weighted by Gasteiger charge is 2.30. The van der Waals surface area contributed by atoms with E-state index in [-0.39, 0.29) is 11.9 Å². The Bertz CT molecular complexity index is 480. The van der Waals surface area contributed by atoms with Crippen molar-refractivity contribution < 1.29 is 9.53 Å². The van der Waals surface area contributed by atoms with Crippen molar-refractivity contribution in [2.45, 2.75) is 25.8 Å². The van der Waals surface area contributed by atoms with Crippen LogP contribution in [0.1, 0.15) is 19.2 Å². The Kier molecular flexibility index (Phi) is 4.73. The highest BCUT2D eigenvalue weighted by atomic mass is 16.5. The number of rotatable bonds is 4. The van der Waals surface area contributed by atoms with Crippen molar-refractivity contribution >= 4 is 17.5 Å². The van der Waals surface area contributed by atoms with Crippen LogP contribution in [0.5, 0.6) is 0 Å². The van der Waals surface area contributed by atoms with Gasteiger partial charge >= 0.3 is 0 Å². The minimum absolute atomic E-state index is 0.0843. The van der Waals surface area contributed by atoms with Crippen LogP contribution in [-0.4, -0.2) is 48.7 Å². The van der Waals surface area contributed by atoms with Gasteiger partial charge in [-0.05, 0) is 6.42 Å². The molecule has 1 saturated heterocycles. The summed E-state index contributed by atoms with van der Waals surface area (Å²) in [5, 5.41) is 2.65. The predicted octanol–water partition coefficient (Wildman–Crippen LogP) is -0.0375. The summed E-state index contributed by atoms with van der Waals surface area (Å²) in [7, 11) is 1.62. The lowest BCUT2D eigenvalue weighted by molar-refractivity contribution is -0.124. The molecule has 1 amide bonds. The fourth-order valence-corrected chi connectivity index (χ4v) is 2.25. The van der Waals surface area contributed by atoms with Crippen molar-refractivity contribution in [1.29, 1.82) is 0 Å². The zero-order valence-electron chi connectivity index (χ0n) is 11.9. The molecule has 1 aliphatic rings. The van der Waals surface area contributed by atoms with Crippen molar-refractivity contribution in [3.63, 3.8) is 0 Å². The SMILES string of the molecule is CCCc1nc(N)cc(N2CCOCC2C(=O)NC)n1. The molecule has 0 radical (unpaired) electrons. The molecule has 0 bridgehead atoms. The average molecular weight is 279 g/mol. The molecule has 110 valence electrons. The van der Waals surface area contributed by atoms with Gasteiger partial charge in [0.1, 0.15) is 23.5 Å².